The second-order valence-electron chi connectivity index (χ2n) is 9.33. The highest BCUT2D eigenvalue weighted by Crippen LogP contribution is 2.64. The molecule has 2 aliphatic heterocycles. The number of carbonyl (C=O) groups excluding carboxylic acids is 1. The molecule has 2 fully saturated rings. The highest BCUT2D eigenvalue weighted by molar-refractivity contribution is 5.82. The minimum atomic E-state index is -1.08. The third-order valence-electron chi connectivity index (χ3n) is 7.92. The first-order chi connectivity index (χ1) is 14.9. The van der Waals surface area contributed by atoms with Crippen molar-refractivity contribution in [1.29, 1.82) is 0 Å². The summed E-state index contributed by atoms with van der Waals surface area (Å²) < 4.78 is 6.46. The van der Waals surface area contributed by atoms with Gasteiger partial charge in [-0.1, -0.05) is 0 Å². The molecule has 1 saturated carbocycles. The number of carboxylic acids is 1. The van der Waals surface area contributed by atoms with Crippen LogP contribution in [0.4, 0.5) is 0 Å². The molecular weight excluding hydrogens is 402 g/mol. The van der Waals surface area contributed by atoms with Gasteiger partial charge in [0.05, 0.1) is 13.2 Å². The van der Waals surface area contributed by atoms with Crippen LogP contribution in [-0.4, -0.2) is 77.0 Å². The maximum absolute atomic E-state index is 12.1. The first-order valence-corrected chi connectivity index (χ1v) is 10.9. The number of aromatic hydroxyl groups is 1. The van der Waals surface area contributed by atoms with Gasteiger partial charge in [0.25, 0.3) is 0 Å². The number of rotatable bonds is 6. The van der Waals surface area contributed by atoms with E-state index >= 15 is 0 Å². The number of likely N-dealkylation sites (tertiary alicyclic amines) is 1. The minimum Gasteiger partial charge on any atom is -0.504 e. The standard InChI is InChI=1S/C22H29N3O6/c1-25-5-4-22-13-2-3-14(23-8-16(27)24-9-17(28)29)21(22)31-20-18(22)11(7-15(13)25)6-12(10-26)19(20)30/h6,13-15,21,23,26,30H,2-5,7-10H2,1H3,(H,24,27)(H,28,29)/t13-,14?,15+,21?,22-/m0/s1. The van der Waals surface area contributed by atoms with Crippen molar-refractivity contribution in [2.45, 2.75) is 55.9 Å². The second kappa shape index (κ2) is 7.36. The first kappa shape index (κ1) is 20.5. The molecule has 0 radical (unpaired) electrons. The van der Waals surface area contributed by atoms with E-state index in [2.05, 4.69) is 22.6 Å². The number of nitrogens with one attached hydrogen (secondary N) is 2. The van der Waals surface area contributed by atoms with Crippen molar-refractivity contribution in [3.63, 3.8) is 0 Å². The van der Waals surface area contributed by atoms with Crippen LogP contribution in [0.1, 0.15) is 36.0 Å². The van der Waals surface area contributed by atoms with Crippen LogP contribution in [0.3, 0.4) is 0 Å². The number of phenols is 1. The van der Waals surface area contributed by atoms with Crippen LogP contribution in [0.5, 0.6) is 11.5 Å². The van der Waals surface area contributed by atoms with Crippen molar-refractivity contribution >= 4 is 11.9 Å². The fourth-order valence-electron chi connectivity index (χ4n) is 6.66. The third-order valence-corrected chi connectivity index (χ3v) is 7.92. The van der Waals surface area contributed by atoms with Gasteiger partial charge in [0, 0.05) is 28.6 Å². The van der Waals surface area contributed by atoms with Gasteiger partial charge in [-0.2, -0.15) is 0 Å². The molecule has 1 aromatic rings. The van der Waals surface area contributed by atoms with E-state index in [1.807, 2.05) is 6.07 Å². The van der Waals surface area contributed by atoms with E-state index in [0.717, 1.165) is 43.4 Å². The van der Waals surface area contributed by atoms with Gasteiger partial charge in [0.1, 0.15) is 12.6 Å². The summed E-state index contributed by atoms with van der Waals surface area (Å²) in [5, 5.41) is 35.0. The summed E-state index contributed by atoms with van der Waals surface area (Å²) in [6.07, 6.45) is 3.40. The molecule has 5 rings (SSSR count). The Morgan fingerprint density at radius 2 is 2.13 bits per heavy atom. The number of hydrogen-bond acceptors (Lipinski definition) is 7. The minimum absolute atomic E-state index is 0.0129. The normalized spacial score (nSPS) is 32.8. The SMILES string of the molecule is CN1CC[C@]23c4c5cc(CO)c(O)c4OC2C(NCC(=O)NCC(=O)O)CC[C@H]3[C@H]1C5. The van der Waals surface area contributed by atoms with E-state index in [0.29, 0.717) is 23.3 Å². The second-order valence-corrected chi connectivity index (χ2v) is 9.33. The van der Waals surface area contributed by atoms with E-state index in [-0.39, 0.29) is 42.4 Å². The van der Waals surface area contributed by atoms with Gasteiger partial charge >= 0.3 is 5.97 Å². The summed E-state index contributed by atoms with van der Waals surface area (Å²) in [6.45, 7) is 0.299. The number of likely N-dealkylation sites (N-methyl/N-ethyl adjacent to an activating group) is 1. The van der Waals surface area contributed by atoms with Gasteiger partial charge in [0.15, 0.2) is 11.5 Å². The summed E-state index contributed by atoms with van der Waals surface area (Å²) in [7, 11) is 2.17. The maximum Gasteiger partial charge on any atom is 0.322 e. The van der Waals surface area contributed by atoms with Gasteiger partial charge in [-0.05, 0) is 56.8 Å². The third kappa shape index (κ3) is 2.94. The topological polar surface area (TPSA) is 131 Å². The Bertz CT molecular complexity index is 936. The number of nitrogens with zero attached hydrogens (tertiary/aromatic N) is 1. The van der Waals surface area contributed by atoms with Gasteiger partial charge in [0.2, 0.25) is 5.91 Å². The first-order valence-electron chi connectivity index (χ1n) is 10.9. The Hall–Kier alpha value is -2.36. The Morgan fingerprint density at radius 1 is 1.32 bits per heavy atom. The predicted octanol–water partition coefficient (Wildman–Crippen LogP) is -0.287. The van der Waals surface area contributed by atoms with Gasteiger partial charge in [-0.25, -0.2) is 0 Å². The van der Waals surface area contributed by atoms with E-state index in [1.54, 1.807) is 0 Å². The van der Waals surface area contributed by atoms with E-state index < -0.39 is 12.5 Å². The van der Waals surface area contributed by atoms with Crippen LogP contribution in [0.25, 0.3) is 0 Å². The molecule has 31 heavy (non-hydrogen) atoms. The summed E-state index contributed by atoms with van der Waals surface area (Å²) in [4.78, 5) is 25.2. The quantitative estimate of drug-likeness (QED) is 0.415. The van der Waals surface area contributed by atoms with Crippen LogP contribution >= 0.6 is 0 Å². The van der Waals surface area contributed by atoms with E-state index in [9.17, 15) is 19.8 Å². The van der Waals surface area contributed by atoms with Crippen LogP contribution in [0.2, 0.25) is 0 Å². The number of aliphatic hydroxyl groups excluding tert-OH is 1. The Labute approximate surface area is 180 Å². The molecule has 1 amide bonds. The molecule has 2 unspecified atom stereocenters. The molecule has 9 heteroatoms. The fraction of sp³-hybridized carbons (Fsp3) is 0.636. The van der Waals surface area contributed by atoms with Gasteiger partial charge < -0.3 is 35.6 Å². The van der Waals surface area contributed by atoms with Crippen LogP contribution in [0, 0.1) is 5.92 Å². The van der Waals surface area contributed by atoms with Crippen molar-refractivity contribution in [3.8, 4) is 11.5 Å². The molecule has 0 aromatic heterocycles. The molecule has 2 heterocycles. The zero-order valence-corrected chi connectivity index (χ0v) is 17.6. The number of amides is 1. The molecule has 1 aromatic carbocycles. The number of aliphatic hydroxyl groups is 1. The lowest BCUT2D eigenvalue weighted by molar-refractivity contribution is -0.137. The molecule has 5 N–H and O–H groups in total. The number of hydrogen-bond donors (Lipinski definition) is 5. The molecule has 2 aliphatic carbocycles. The summed E-state index contributed by atoms with van der Waals surface area (Å²) in [5.74, 6) is -0.510. The smallest absolute Gasteiger partial charge is 0.322 e. The molecule has 1 saturated heterocycles. The van der Waals surface area contributed by atoms with E-state index in [1.165, 1.54) is 0 Å². The lowest BCUT2D eigenvalue weighted by Gasteiger charge is -2.59. The molecule has 9 nitrogen and oxygen atoms in total. The zero-order chi connectivity index (χ0) is 21.9. The summed E-state index contributed by atoms with van der Waals surface area (Å²) in [5.41, 5.74) is 2.51. The number of ether oxygens (including phenoxy) is 1. The van der Waals surface area contributed by atoms with Crippen molar-refractivity contribution < 1.29 is 29.6 Å². The largest absolute Gasteiger partial charge is 0.504 e. The van der Waals surface area contributed by atoms with Crippen LogP contribution in [-0.2, 0) is 28.0 Å². The lowest BCUT2D eigenvalue weighted by atomic mass is 9.51. The number of carbonyl (C=O) groups is 2. The van der Waals surface area contributed by atoms with Crippen molar-refractivity contribution in [3.05, 3.63) is 22.8 Å². The van der Waals surface area contributed by atoms with Crippen molar-refractivity contribution in [2.75, 3.05) is 26.7 Å². The highest BCUT2D eigenvalue weighted by Gasteiger charge is 2.65. The van der Waals surface area contributed by atoms with Gasteiger partial charge in [-0.15, -0.1) is 0 Å². The number of benzene rings is 1. The molecule has 2 bridgehead atoms. The average molecular weight is 431 g/mol. The average Bonchev–Trinajstić information content (AvgIpc) is 3.10. The van der Waals surface area contributed by atoms with Crippen molar-refractivity contribution in [2.24, 2.45) is 5.92 Å². The Balaban J connectivity index is 1.48. The Kier molecular flexibility index (Phi) is 4.87. The van der Waals surface area contributed by atoms with Crippen molar-refractivity contribution in [1.82, 2.24) is 15.5 Å². The van der Waals surface area contributed by atoms with Crippen LogP contribution in [0.15, 0.2) is 6.07 Å². The predicted molar refractivity (Wildman–Crippen MR) is 110 cm³/mol. The zero-order valence-electron chi connectivity index (χ0n) is 17.6. The maximum atomic E-state index is 12.1. The number of carboxylic acid groups (broad SMARTS) is 1. The number of piperidine rings is 1. The van der Waals surface area contributed by atoms with E-state index in [4.69, 9.17) is 9.84 Å². The lowest BCUT2D eigenvalue weighted by Crippen LogP contribution is -2.68. The molecule has 5 atom stereocenters. The van der Waals surface area contributed by atoms with Gasteiger partial charge in [-0.3, -0.25) is 9.59 Å². The molecule has 4 aliphatic rings. The van der Waals surface area contributed by atoms with Crippen LogP contribution < -0.4 is 15.4 Å². The fourth-order valence-corrected chi connectivity index (χ4v) is 6.66. The molecule has 1 spiro atoms. The number of aliphatic carboxylic acids is 1. The summed E-state index contributed by atoms with van der Waals surface area (Å²) >= 11 is 0. The summed E-state index contributed by atoms with van der Waals surface area (Å²) in [6, 6.07) is 2.22. The monoisotopic (exact) mass is 431 g/mol. The Morgan fingerprint density at radius 3 is 2.87 bits per heavy atom. The highest BCUT2D eigenvalue weighted by atomic mass is 16.5. The molecule has 168 valence electrons. The molecular formula is C22H29N3O6.